The molecule has 0 saturated carbocycles. The summed E-state index contributed by atoms with van der Waals surface area (Å²) >= 11 is 0. The first-order valence-corrected chi connectivity index (χ1v) is 7.61. The van der Waals surface area contributed by atoms with Crippen molar-refractivity contribution in [2.45, 2.75) is 18.9 Å². The van der Waals surface area contributed by atoms with E-state index in [1.54, 1.807) is 44.2 Å². The fourth-order valence-corrected chi connectivity index (χ4v) is 3.40. The minimum absolute atomic E-state index is 0.0995. The highest BCUT2D eigenvalue weighted by molar-refractivity contribution is 7.89. The Bertz CT molecular complexity index is 678. The minimum Gasteiger partial charge on any atom is -0.359 e. The van der Waals surface area contributed by atoms with Crippen LogP contribution in [0.5, 0.6) is 0 Å². The van der Waals surface area contributed by atoms with Gasteiger partial charge in [-0.15, -0.1) is 0 Å². The molecule has 0 spiro atoms. The fraction of sp³-hybridized carbons (Fsp3) is 0.333. The van der Waals surface area contributed by atoms with Gasteiger partial charge in [-0.1, -0.05) is 44.2 Å². The van der Waals surface area contributed by atoms with Gasteiger partial charge in [-0.3, -0.25) is 4.63 Å². The molecule has 0 aliphatic heterocycles. The molecule has 0 atom stereocenters. The maximum absolute atomic E-state index is 12.5. The van der Waals surface area contributed by atoms with Crippen LogP contribution in [0, 0.1) is 5.21 Å². The summed E-state index contributed by atoms with van der Waals surface area (Å²) in [5.74, 6) is 0. The lowest BCUT2D eigenvalue weighted by Crippen LogP contribution is -2.32. The van der Waals surface area contributed by atoms with Crippen LogP contribution in [0.4, 0.5) is 0 Å². The second kappa shape index (κ2) is 5.59. The first-order chi connectivity index (χ1) is 9.52. The van der Waals surface area contributed by atoms with E-state index < -0.39 is 10.0 Å². The molecule has 108 valence electrons. The second-order valence-corrected chi connectivity index (χ2v) is 5.89. The standard InChI is InChI=1S/C12H15N3O4S/c1-3-14(4-2)20(17,18)12-11(15(16)19-13-12)10-8-6-5-7-9-10/h5-9H,3-4H2,1-2H3. The molecule has 1 aromatic carbocycles. The van der Waals surface area contributed by atoms with Gasteiger partial charge in [0.05, 0.1) is 5.16 Å². The largest absolute Gasteiger partial charge is 0.359 e. The summed E-state index contributed by atoms with van der Waals surface area (Å²) in [6.07, 6.45) is 0. The topological polar surface area (TPSA) is 90.4 Å². The van der Waals surface area contributed by atoms with Crippen molar-refractivity contribution < 1.29 is 17.9 Å². The average molecular weight is 297 g/mol. The first kappa shape index (κ1) is 14.5. The zero-order chi connectivity index (χ0) is 14.8. The molecule has 0 fully saturated rings. The van der Waals surface area contributed by atoms with E-state index in [0.717, 1.165) is 0 Å². The van der Waals surface area contributed by atoms with Crippen LogP contribution in [0.2, 0.25) is 0 Å². The number of nitrogens with zero attached hydrogens (tertiary/aromatic N) is 3. The lowest BCUT2D eigenvalue weighted by Gasteiger charge is -2.14. The van der Waals surface area contributed by atoms with Crippen molar-refractivity contribution in [3.8, 4) is 11.3 Å². The summed E-state index contributed by atoms with van der Waals surface area (Å²) in [4.78, 5) is 0.117. The third-order valence-electron chi connectivity index (χ3n) is 2.92. The van der Waals surface area contributed by atoms with Crippen LogP contribution in [0.15, 0.2) is 40.0 Å². The Hall–Kier alpha value is -1.93. The van der Waals surface area contributed by atoms with E-state index in [2.05, 4.69) is 9.79 Å². The molecule has 8 heteroatoms. The molecule has 0 bridgehead atoms. The monoisotopic (exact) mass is 297 g/mol. The summed E-state index contributed by atoms with van der Waals surface area (Å²) in [6, 6.07) is 8.43. The lowest BCUT2D eigenvalue weighted by atomic mass is 10.2. The fourth-order valence-electron chi connectivity index (χ4n) is 1.92. The Morgan fingerprint density at radius 3 is 2.40 bits per heavy atom. The SMILES string of the molecule is CCN(CC)S(=O)(=O)c1no[n+]([O-])c1-c1ccccc1. The first-order valence-electron chi connectivity index (χ1n) is 6.17. The van der Waals surface area contributed by atoms with Crippen LogP contribution >= 0.6 is 0 Å². The van der Waals surface area contributed by atoms with Gasteiger partial charge in [-0.05, 0) is 4.90 Å². The van der Waals surface area contributed by atoms with Crippen LogP contribution in [-0.2, 0) is 10.0 Å². The number of hydrogen-bond acceptors (Lipinski definition) is 5. The molecule has 0 N–H and O–H groups in total. The van der Waals surface area contributed by atoms with Gasteiger partial charge in [0.1, 0.15) is 0 Å². The van der Waals surface area contributed by atoms with Crippen molar-refractivity contribution in [3.63, 3.8) is 0 Å². The summed E-state index contributed by atoms with van der Waals surface area (Å²) in [6.45, 7) is 4.01. The van der Waals surface area contributed by atoms with Crippen molar-refractivity contribution in [3.05, 3.63) is 35.5 Å². The number of benzene rings is 1. The predicted octanol–water partition coefficient (Wildman–Crippen LogP) is 1.01. The van der Waals surface area contributed by atoms with Crippen LogP contribution in [0.25, 0.3) is 11.3 Å². The molecular weight excluding hydrogens is 282 g/mol. The van der Waals surface area contributed by atoms with E-state index in [4.69, 9.17) is 0 Å². The van der Waals surface area contributed by atoms with Crippen LogP contribution in [-0.4, -0.2) is 31.0 Å². The van der Waals surface area contributed by atoms with Gasteiger partial charge in [0.15, 0.2) is 0 Å². The Balaban J connectivity index is 2.61. The molecule has 0 radical (unpaired) electrons. The Kier molecular flexibility index (Phi) is 4.05. The Morgan fingerprint density at radius 2 is 1.85 bits per heavy atom. The van der Waals surface area contributed by atoms with Gasteiger partial charge < -0.3 is 5.21 Å². The number of aromatic nitrogens is 2. The summed E-state index contributed by atoms with van der Waals surface area (Å²) in [7, 11) is -3.85. The zero-order valence-electron chi connectivity index (χ0n) is 11.2. The number of rotatable bonds is 5. The molecule has 1 aromatic heterocycles. The quantitative estimate of drug-likeness (QED) is 0.768. The van der Waals surface area contributed by atoms with Crippen molar-refractivity contribution in [2.75, 3.05) is 13.1 Å². The van der Waals surface area contributed by atoms with E-state index in [9.17, 15) is 13.6 Å². The molecule has 7 nitrogen and oxygen atoms in total. The molecule has 0 aliphatic rings. The van der Waals surface area contributed by atoms with Gasteiger partial charge in [0.2, 0.25) is 5.69 Å². The molecular formula is C12H15N3O4S. The second-order valence-electron chi connectivity index (χ2n) is 4.04. The Labute approximate surface area is 117 Å². The third-order valence-corrected chi connectivity index (χ3v) is 4.87. The van der Waals surface area contributed by atoms with Crippen molar-refractivity contribution >= 4 is 10.0 Å². The smallest absolute Gasteiger partial charge is 0.354 e. The number of hydrogen-bond donors (Lipinski definition) is 0. The Morgan fingerprint density at radius 1 is 1.25 bits per heavy atom. The maximum atomic E-state index is 12.5. The molecule has 0 amide bonds. The van der Waals surface area contributed by atoms with E-state index in [1.165, 1.54) is 4.31 Å². The lowest BCUT2D eigenvalue weighted by molar-refractivity contribution is -0.793. The summed E-state index contributed by atoms with van der Waals surface area (Å²) < 4.78 is 30.6. The molecule has 0 saturated heterocycles. The van der Waals surface area contributed by atoms with Crippen molar-refractivity contribution in [1.29, 1.82) is 0 Å². The van der Waals surface area contributed by atoms with E-state index in [0.29, 0.717) is 18.7 Å². The van der Waals surface area contributed by atoms with Crippen molar-refractivity contribution in [2.24, 2.45) is 0 Å². The highest BCUT2D eigenvalue weighted by atomic mass is 32.2. The van der Waals surface area contributed by atoms with Gasteiger partial charge >= 0.3 is 5.03 Å². The van der Waals surface area contributed by atoms with Gasteiger partial charge in [-0.25, -0.2) is 8.42 Å². The molecule has 20 heavy (non-hydrogen) atoms. The molecule has 2 aromatic rings. The highest BCUT2D eigenvalue weighted by Crippen LogP contribution is 2.24. The average Bonchev–Trinajstić information content (AvgIpc) is 2.83. The van der Waals surface area contributed by atoms with Gasteiger partial charge in [0.25, 0.3) is 10.0 Å². The van der Waals surface area contributed by atoms with Crippen LogP contribution in [0.1, 0.15) is 13.8 Å². The van der Waals surface area contributed by atoms with Crippen LogP contribution < -0.4 is 4.90 Å². The minimum atomic E-state index is -3.85. The maximum Gasteiger partial charge on any atom is 0.354 e. The van der Waals surface area contributed by atoms with Gasteiger partial charge in [-0.2, -0.15) is 4.31 Å². The summed E-state index contributed by atoms with van der Waals surface area (Å²) in [5, 5.41) is 14.8. The normalized spacial score (nSPS) is 11.9. The number of sulfonamides is 1. The van der Waals surface area contributed by atoms with E-state index in [-0.39, 0.29) is 15.6 Å². The highest BCUT2D eigenvalue weighted by Gasteiger charge is 2.36. The van der Waals surface area contributed by atoms with Crippen molar-refractivity contribution in [1.82, 2.24) is 9.46 Å². The molecule has 0 aliphatic carbocycles. The third kappa shape index (κ3) is 2.39. The van der Waals surface area contributed by atoms with Gasteiger partial charge in [0, 0.05) is 18.7 Å². The summed E-state index contributed by atoms with van der Waals surface area (Å²) in [5.41, 5.74) is 0.340. The van der Waals surface area contributed by atoms with E-state index >= 15 is 0 Å². The molecule has 2 rings (SSSR count). The molecule has 0 unspecified atom stereocenters. The molecule has 1 heterocycles. The predicted molar refractivity (Wildman–Crippen MR) is 71.0 cm³/mol. The van der Waals surface area contributed by atoms with Crippen LogP contribution in [0.3, 0.4) is 0 Å². The van der Waals surface area contributed by atoms with E-state index in [1.807, 2.05) is 0 Å². The zero-order valence-corrected chi connectivity index (χ0v) is 12.0.